The number of nitrogens with zero attached hydrogens (tertiary/aromatic N) is 5. The SMILES string of the molecule is CN=C(NCC(c1cccc(OC)c1)N1CCCC1)N1CCN(Cc2ccon2)CC1. The fourth-order valence-electron chi connectivity index (χ4n) is 4.55. The van der Waals surface area contributed by atoms with Gasteiger partial charge in [-0.1, -0.05) is 17.3 Å². The molecule has 4 rings (SSSR count). The van der Waals surface area contributed by atoms with E-state index in [1.54, 1.807) is 13.4 Å². The molecule has 0 amide bonds. The molecule has 0 spiro atoms. The zero-order valence-corrected chi connectivity index (χ0v) is 18.7. The van der Waals surface area contributed by atoms with Crippen LogP contribution in [0.4, 0.5) is 0 Å². The summed E-state index contributed by atoms with van der Waals surface area (Å²) in [5.41, 5.74) is 2.28. The van der Waals surface area contributed by atoms with Crippen LogP contribution in [0.25, 0.3) is 0 Å². The molecular formula is C23H34N6O2. The standard InChI is InChI=1S/C23H34N6O2/c1-24-23(29-13-11-27(12-14-29)18-20-8-15-31-26-20)25-17-22(28-9-3-4-10-28)19-6-5-7-21(16-19)30-2/h5-8,15-16,22H,3-4,9-14,17-18H2,1-2H3,(H,24,25). The van der Waals surface area contributed by atoms with Crippen molar-refractivity contribution < 1.29 is 9.26 Å². The average molecular weight is 427 g/mol. The van der Waals surface area contributed by atoms with E-state index in [2.05, 4.69) is 48.4 Å². The van der Waals surface area contributed by atoms with Gasteiger partial charge in [-0.2, -0.15) is 0 Å². The van der Waals surface area contributed by atoms with Crippen molar-refractivity contribution in [3.8, 4) is 5.75 Å². The van der Waals surface area contributed by atoms with Gasteiger partial charge < -0.3 is 19.5 Å². The summed E-state index contributed by atoms with van der Waals surface area (Å²) in [4.78, 5) is 11.9. The van der Waals surface area contributed by atoms with E-state index in [-0.39, 0.29) is 0 Å². The maximum Gasteiger partial charge on any atom is 0.193 e. The van der Waals surface area contributed by atoms with Crippen LogP contribution in [0.2, 0.25) is 0 Å². The second-order valence-electron chi connectivity index (χ2n) is 8.22. The van der Waals surface area contributed by atoms with Gasteiger partial charge in [-0.15, -0.1) is 0 Å². The lowest BCUT2D eigenvalue weighted by Gasteiger charge is -2.37. The first-order valence-electron chi connectivity index (χ1n) is 11.2. The summed E-state index contributed by atoms with van der Waals surface area (Å²) in [5, 5.41) is 7.69. The van der Waals surface area contributed by atoms with Gasteiger partial charge in [-0.3, -0.25) is 14.8 Å². The Morgan fingerprint density at radius 3 is 2.65 bits per heavy atom. The maximum atomic E-state index is 5.47. The Kier molecular flexibility index (Phi) is 7.43. The number of guanidine groups is 1. The van der Waals surface area contributed by atoms with Gasteiger partial charge in [-0.05, 0) is 43.6 Å². The number of piperazine rings is 1. The molecule has 2 aliphatic rings. The Bertz CT molecular complexity index is 826. The van der Waals surface area contributed by atoms with Crippen molar-refractivity contribution in [3.05, 3.63) is 47.9 Å². The molecule has 2 saturated heterocycles. The number of rotatable bonds is 7. The molecule has 1 atom stereocenters. The summed E-state index contributed by atoms with van der Waals surface area (Å²) in [7, 11) is 3.60. The predicted octanol–water partition coefficient (Wildman–Crippen LogP) is 2.21. The molecule has 0 bridgehead atoms. The number of hydrogen-bond acceptors (Lipinski definition) is 6. The largest absolute Gasteiger partial charge is 0.497 e. The van der Waals surface area contributed by atoms with Crippen molar-refractivity contribution in [1.82, 2.24) is 25.2 Å². The number of methoxy groups -OCH3 is 1. The van der Waals surface area contributed by atoms with Gasteiger partial charge in [0.15, 0.2) is 5.96 Å². The van der Waals surface area contributed by atoms with E-state index in [1.807, 2.05) is 19.2 Å². The number of likely N-dealkylation sites (tertiary alicyclic amines) is 1. The average Bonchev–Trinajstić information content (AvgIpc) is 3.52. The first kappa shape index (κ1) is 21.6. The summed E-state index contributed by atoms with van der Waals surface area (Å²) in [6.45, 7) is 7.82. The third-order valence-corrected chi connectivity index (χ3v) is 6.27. The second kappa shape index (κ2) is 10.6. The zero-order valence-electron chi connectivity index (χ0n) is 18.7. The number of aliphatic imine (C=N–C) groups is 1. The second-order valence-corrected chi connectivity index (χ2v) is 8.22. The van der Waals surface area contributed by atoms with Gasteiger partial charge in [0.2, 0.25) is 0 Å². The highest BCUT2D eigenvalue weighted by molar-refractivity contribution is 5.80. The van der Waals surface area contributed by atoms with Crippen LogP contribution in [0.15, 0.2) is 46.1 Å². The van der Waals surface area contributed by atoms with E-state index in [9.17, 15) is 0 Å². The summed E-state index contributed by atoms with van der Waals surface area (Å²) in [6.07, 6.45) is 4.17. The van der Waals surface area contributed by atoms with Crippen LogP contribution in [-0.4, -0.2) is 85.8 Å². The number of hydrogen-bond donors (Lipinski definition) is 1. The first-order chi connectivity index (χ1) is 15.3. The molecule has 1 unspecified atom stereocenters. The molecule has 168 valence electrons. The fraction of sp³-hybridized carbons (Fsp3) is 0.565. The van der Waals surface area contributed by atoms with Crippen LogP contribution < -0.4 is 10.1 Å². The third kappa shape index (κ3) is 5.57. The van der Waals surface area contributed by atoms with E-state index < -0.39 is 0 Å². The Morgan fingerprint density at radius 2 is 1.97 bits per heavy atom. The van der Waals surface area contributed by atoms with Gasteiger partial charge in [0.25, 0.3) is 0 Å². The van der Waals surface area contributed by atoms with Gasteiger partial charge in [-0.25, -0.2) is 0 Å². The molecule has 0 saturated carbocycles. The smallest absolute Gasteiger partial charge is 0.193 e. The van der Waals surface area contributed by atoms with Crippen LogP contribution in [0.3, 0.4) is 0 Å². The minimum Gasteiger partial charge on any atom is -0.497 e. The Balaban J connectivity index is 1.35. The molecule has 2 aromatic rings. The lowest BCUT2D eigenvalue weighted by atomic mass is 10.1. The highest BCUT2D eigenvalue weighted by Crippen LogP contribution is 2.27. The van der Waals surface area contributed by atoms with Crippen molar-refractivity contribution in [1.29, 1.82) is 0 Å². The third-order valence-electron chi connectivity index (χ3n) is 6.27. The van der Waals surface area contributed by atoms with Gasteiger partial charge in [0, 0.05) is 52.4 Å². The van der Waals surface area contributed by atoms with Gasteiger partial charge in [0.1, 0.15) is 12.0 Å². The van der Waals surface area contributed by atoms with Gasteiger partial charge in [0.05, 0.1) is 18.8 Å². The van der Waals surface area contributed by atoms with Crippen LogP contribution in [0, 0.1) is 0 Å². The Hall–Kier alpha value is -2.58. The molecule has 8 heteroatoms. The van der Waals surface area contributed by atoms with Crippen LogP contribution in [0.5, 0.6) is 5.75 Å². The van der Waals surface area contributed by atoms with Crippen molar-refractivity contribution in [2.75, 3.05) is 60.0 Å². The molecule has 1 aromatic heterocycles. The number of ether oxygens (including phenoxy) is 1. The van der Waals surface area contributed by atoms with E-state index in [4.69, 9.17) is 9.26 Å². The molecule has 2 fully saturated rings. The normalized spacial score (nSPS) is 19.5. The van der Waals surface area contributed by atoms with Crippen LogP contribution in [0.1, 0.15) is 30.1 Å². The topological polar surface area (TPSA) is 69.4 Å². The number of benzene rings is 1. The molecule has 1 aromatic carbocycles. The zero-order chi connectivity index (χ0) is 21.5. The van der Waals surface area contributed by atoms with Crippen LogP contribution >= 0.6 is 0 Å². The molecule has 2 aliphatic heterocycles. The quantitative estimate of drug-likeness (QED) is 0.538. The van der Waals surface area contributed by atoms with E-state index in [1.165, 1.54) is 18.4 Å². The molecule has 8 nitrogen and oxygen atoms in total. The van der Waals surface area contributed by atoms with Crippen molar-refractivity contribution in [3.63, 3.8) is 0 Å². The minimum atomic E-state index is 0.308. The molecule has 0 aliphatic carbocycles. The predicted molar refractivity (Wildman–Crippen MR) is 121 cm³/mol. The molecule has 3 heterocycles. The van der Waals surface area contributed by atoms with E-state index >= 15 is 0 Å². The fourth-order valence-corrected chi connectivity index (χ4v) is 4.55. The summed E-state index contributed by atoms with van der Waals surface area (Å²) >= 11 is 0. The monoisotopic (exact) mass is 426 g/mol. The van der Waals surface area contributed by atoms with Crippen molar-refractivity contribution >= 4 is 5.96 Å². The lowest BCUT2D eigenvalue weighted by Crippen LogP contribution is -2.53. The number of nitrogens with one attached hydrogen (secondary N) is 1. The van der Waals surface area contributed by atoms with Gasteiger partial charge >= 0.3 is 0 Å². The van der Waals surface area contributed by atoms with Crippen molar-refractivity contribution in [2.45, 2.75) is 25.4 Å². The van der Waals surface area contributed by atoms with Crippen molar-refractivity contribution in [2.24, 2.45) is 4.99 Å². The highest BCUT2D eigenvalue weighted by Gasteiger charge is 2.26. The summed E-state index contributed by atoms with van der Waals surface area (Å²) in [6, 6.07) is 10.7. The molecular weight excluding hydrogens is 392 g/mol. The molecule has 0 radical (unpaired) electrons. The maximum absolute atomic E-state index is 5.47. The lowest BCUT2D eigenvalue weighted by molar-refractivity contribution is 0.167. The first-order valence-corrected chi connectivity index (χ1v) is 11.2. The number of aromatic nitrogens is 1. The molecule has 1 N–H and O–H groups in total. The Morgan fingerprint density at radius 1 is 1.16 bits per heavy atom. The molecule has 31 heavy (non-hydrogen) atoms. The summed E-state index contributed by atoms with van der Waals surface area (Å²) < 4.78 is 10.4. The minimum absolute atomic E-state index is 0.308. The summed E-state index contributed by atoms with van der Waals surface area (Å²) in [5.74, 6) is 1.89. The van der Waals surface area contributed by atoms with Crippen LogP contribution in [-0.2, 0) is 6.54 Å². The Labute approximate surface area is 184 Å². The highest BCUT2D eigenvalue weighted by atomic mass is 16.5. The van der Waals surface area contributed by atoms with E-state index in [0.29, 0.717) is 6.04 Å². The van der Waals surface area contributed by atoms with E-state index in [0.717, 1.165) is 69.8 Å².